The van der Waals surface area contributed by atoms with E-state index >= 15 is 0 Å². The predicted molar refractivity (Wildman–Crippen MR) is 217 cm³/mol. The standard InChI is InChI=1S/C42H68N6O10/c1-29(47(5)41(53)58-42(2,3)4)38(50)46-37(31-13-7-6-8-14-31)40(52)48-27-32(44-36(49)28-57-25-24-56-23-22-55-21-20-54-19-18-43)26-35(48)39(51)45-34-17-11-15-30-12-9-10-16-33(30)34/h9-10,12,16,29,31-32,34-35,37H,6-8,11,13-15,17-28,43H2,1-5H3,(H,44,49)(H,45,51)(H,46,50). The van der Waals surface area contributed by atoms with E-state index in [1.807, 2.05) is 18.2 Å². The third-order valence-corrected chi connectivity index (χ3v) is 10.9. The van der Waals surface area contributed by atoms with Crippen LogP contribution in [-0.2, 0) is 49.3 Å². The number of carbonyl (C=O) groups excluding carboxylic acids is 5. The molecular formula is C42H68N6O10. The molecule has 3 aliphatic rings. The zero-order chi connectivity index (χ0) is 42.1. The highest BCUT2D eigenvalue weighted by molar-refractivity contribution is 5.94. The first-order valence-electron chi connectivity index (χ1n) is 21.0. The number of fused-ring (bicyclic) bond motifs is 1. The van der Waals surface area contributed by atoms with Crippen molar-refractivity contribution >= 4 is 29.7 Å². The van der Waals surface area contributed by atoms with Crippen LogP contribution in [0.2, 0.25) is 0 Å². The van der Waals surface area contributed by atoms with Gasteiger partial charge in [0.1, 0.15) is 30.3 Å². The summed E-state index contributed by atoms with van der Waals surface area (Å²) in [5, 5.41) is 9.18. The summed E-state index contributed by atoms with van der Waals surface area (Å²) < 4.78 is 27.2. The van der Waals surface area contributed by atoms with Gasteiger partial charge in [0.15, 0.2) is 0 Å². The van der Waals surface area contributed by atoms with Crippen LogP contribution in [0.15, 0.2) is 24.3 Å². The number of hydrogen-bond donors (Lipinski definition) is 4. The van der Waals surface area contributed by atoms with Crippen molar-refractivity contribution in [1.29, 1.82) is 0 Å². The number of nitrogens with zero attached hydrogens (tertiary/aromatic N) is 2. The molecule has 0 aromatic heterocycles. The highest BCUT2D eigenvalue weighted by Crippen LogP contribution is 2.32. The van der Waals surface area contributed by atoms with Crippen molar-refractivity contribution < 1.29 is 47.7 Å². The summed E-state index contributed by atoms with van der Waals surface area (Å²) in [5.41, 5.74) is 6.89. The van der Waals surface area contributed by atoms with Crippen molar-refractivity contribution in [3.05, 3.63) is 35.4 Å². The molecule has 1 aliphatic heterocycles. The van der Waals surface area contributed by atoms with E-state index in [1.165, 1.54) is 22.4 Å². The Labute approximate surface area is 343 Å². The maximum absolute atomic E-state index is 14.8. The molecule has 0 spiro atoms. The molecule has 2 fully saturated rings. The molecule has 326 valence electrons. The first kappa shape index (κ1) is 46.9. The summed E-state index contributed by atoms with van der Waals surface area (Å²) >= 11 is 0. The number of nitrogens with two attached hydrogens (primary N) is 1. The number of aryl methyl sites for hydroxylation is 1. The van der Waals surface area contributed by atoms with E-state index in [2.05, 4.69) is 22.0 Å². The summed E-state index contributed by atoms with van der Waals surface area (Å²) in [6.45, 7) is 9.81. The normalized spacial score (nSPS) is 20.7. The fourth-order valence-electron chi connectivity index (χ4n) is 7.75. The minimum Gasteiger partial charge on any atom is -0.444 e. The number of ether oxygens (including phenoxy) is 5. The van der Waals surface area contributed by atoms with Gasteiger partial charge in [-0.2, -0.15) is 0 Å². The Morgan fingerprint density at radius 2 is 1.50 bits per heavy atom. The average Bonchev–Trinajstić information content (AvgIpc) is 3.63. The first-order chi connectivity index (χ1) is 27.8. The molecule has 4 rings (SSSR count). The molecule has 1 saturated heterocycles. The van der Waals surface area contributed by atoms with Crippen LogP contribution in [0.25, 0.3) is 0 Å². The van der Waals surface area contributed by atoms with Crippen LogP contribution in [0.5, 0.6) is 0 Å². The first-order valence-corrected chi connectivity index (χ1v) is 21.0. The molecule has 0 bridgehead atoms. The Kier molecular flexibility index (Phi) is 19.1. The van der Waals surface area contributed by atoms with E-state index in [0.29, 0.717) is 39.6 Å². The Morgan fingerprint density at radius 1 is 0.862 bits per heavy atom. The fraction of sp³-hybridized carbons (Fsp3) is 0.738. The number of hydrogen-bond acceptors (Lipinski definition) is 11. The van der Waals surface area contributed by atoms with Crippen LogP contribution in [0, 0.1) is 5.92 Å². The van der Waals surface area contributed by atoms with Crippen LogP contribution in [-0.4, -0.2) is 142 Å². The second-order valence-corrected chi connectivity index (χ2v) is 16.5. The van der Waals surface area contributed by atoms with E-state index in [1.54, 1.807) is 27.7 Å². The summed E-state index contributed by atoms with van der Waals surface area (Å²) in [5.74, 6) is -1.73. The Morgan fingerprint density at radius 3 is 2.16 bits per heavy atom. The number of nitrogens with one attached hydrogen (secondary N) is 3. The number of likely N-dealkylation sites (tertiary alicyclic amines) is 1. The third kappa shape index (κ3) is 14.8. The molecular weight excluding hydrogens is 748 g/mol. The molecule has 5 unspecified atom stereocenters. The van der Waals surface area contributed by atoms with Crippen LogP contribution in [0.1, 0.15) is 96.2 Å². The van der Waals surface area contributed by atoms with Crippen LogP contribution >= 0.6 is 0 Å². The topological polar surface area (TPSA) is 200 Å². The molecule has 0 radical (unpaired) electrons. The molecule has 1 aromatic rings. The van der Waals surface area contributed by atoms with Crippen LogP contribution < -0.4 is 21.7 Å². The van der Waals surface area contributed by atoms with E-state index in [0.717, 1.165) is 56.9 Å². The van der Waals surface area contributed by atoms with E-state index in [4.69, 9.17) is 29.4 Å². The molecule has 58 heavy (non-hydrogen) atoms. The van der Waals surface area contributed by atoms with Gasteiger partial charge in [-0.05, 0) is 83.3 Å². The van der Waals surface area contributed by atoms with Crippen LogP contribution in [0.4, 0.5) is 4.79 Å². The van der Waals surface area contributed by atoms with Gasteiger partial charge in [0.05, 0.1) is 52.3 Å². The smallest absolute Gasteiger partial charge is 0.410 e. The summed E-state index contributed by atoms with van der Waals surface area (Å²) in [6, 6.07) is 4.58. The second kappa shape index (κ2) is 23.7. The summed E-state index contributed by atoms with van der Waals surface area (Å²) in [7, 11) is 1.49. The van der Waals surface area contributed by atoms with Crippen LogP contribution in [0.3, 0.4) is 0 Å². The van der Waals surface area contributed by atoms with E-state index in [-0.39, 0.29) is 62.5 Å². The lowest BCUT2D eigenvalue weighted by Gasteiger charge is -2.36. The molecule has 1 aromatic carbocycles. The van der Waals surface area contributed by atoms with E-state index < -0.39 is 41.8 Å². The maximum atomic E-state index is 14.8. The average molecular weight is 817 g/mol. The third-order valence-electron chi connectivity index (χ3n) is 10.9. The Balaban J connectivity index is 1.42. The van der Waals surface area contributed by atoms with Gasteiger partial charge in [-0.15, -0.1) is 0 Å². The summed E-state index contributed by atoms with van der Waals surface area (Å²) in [6.07, 6.45) is 6.47. The summed E-state index contributed by atoms with van der Waals surface area (Å²) in [4.78, 5) is 71.5. The van der Waals surface area contributed by atoms with Crippen molar-refractivity contribution in [2.45, 2.75) is 121 Å². The quantitative estimate of drug-likeness (QED) is 0.133. The lowest BCUT2D eigenvalue weighted by molar-refractivity contribution is -0.143. The number of rotatable bonds is 21. The monoisotopic (exact) mass is 816 g/mol. The molecule has 2 aliphatic carbocycles. The van der Waals surface area contributed by atoms with Gasteiger partial charge in [-0.25, -0.2) is 4.79 Å². The Hall–Kier alpha value is -3.83. The Bertz CT molecular complexity index is 1480. The molecule has 5 atom stereocenters. The number of benzene rings is 1. The zero-order valence-electron chi connectivity index (χ0n) is 35.3. The number of likely N-dealkylation sites (N-methyl/N-ethyl adjacent to an activating group) is 1. The highest BCUT2D eigenvalue weighted by Gasteiger charge is 2.45. The fourth-order valence-corrected chi connectivity index (χ4v) is 7.75. The van der Waals surface area contributed by atoms with Crippen molar-refractivity contribution in [3.63, 3.8) is 0 Å². The molecule has 16 heteroatoms. The molecule has 1 heterocycles. The lowest BCUT2D eigenvalue weighted by Crippen LogP contribution is -2.59. The SMILES string of the molecule is CC(C(=O)NC(C(=O)N1CC(NC(=O)COCCOCCOCCOCCN)CC1C(=O)NC1CCCc2ccccc21)C1CCCCC1)N(C)C(=O)OC(C)(C)C. The van der Waals surface area contributed by atoms with Crippen molar-refractivity contribution in [3.8, 4) is 0 Å². The van der Waals surface area contributed by atoms with Crippen molar-refractivity contribution in [2.24, 2.45) is 11.7 Å². The molecule has 16 nitrogen and oxygen atoms in total. The van der Waals surface area contributed by atoms with Gasteiger partial charge in [0.2, 0.25) is 23.6 Å². The highest BCUT2D eigenvalue weighted by atomic mass is 16.6. The second-order valence-electron chi connectivity index (χ2n) is 16.5. The van der Waals surface area contributed by atoms with Gasteiger partial charge in [-0.3, -0.25) is 24.1 Å². The number of amides is 5. The predicted octanol–water partition coefficient (Wildman–Crippen LogP) is 2.61. The number of carbonyl (C=O) groups is 5. The maximum Gasteiger partial charge on any atom is 0.410 e. The van der Waals surface area contributed by atoms with Gasteiger partial charge < -0.3 is 50.3 Å². The van der Waals surface area contributed by atoms with Crippen molar-refractivity contribution in [2.75, 3.05) is 73.0 Å². The van der Waals surface area contributed by atoms with Gasteiger partial charge in [-0.1, -0.05) is 43.5 Å². The largest absolute Gasteiger partial charge is 0.444 e. The van der Waals surface area contributed by atoms with E-state index in [9.17, 15) is 24.0 Å². The van der Waals surface area contributed by atoms with Crippen molar-refractivity contribution in [1.82, 2.24) is 25.8 Å². The minimum absolute atomic E-state index is 0.0801. The van der Waals surface area contributed by atoms with Gasteiger partial charge in [0.25, 0.3) is 0 Å². The molecule has 5 amide bonds. The van der Waals surface area contributed by atoms with Gasteiger partial charge >= 0.3 is 6.09 Å². The lowest BCUT2D eigenvalue weighted by atomic mass is 9.83. The zero-order valence-corrected chi connectivity index (χ0v) is 35.3. The van der Waals surface area contributed by atoms with Gasteiger partial charge in [0, 0.05) is 26.2 Å². The minimum atomic E-state index is -0.935. The molecule has 1 saturated carbocycles. The molecule has 5 N–H and O–H groups in total.